The molecule has 6 nitrogen and oxygen atoms in total. The highest BCUT2D eigenvalue weighted by atomic mass is 32.2. The molecule has 3 rings (SSSR count). The highest BCUT2D eigenvalue weighted by molar-refractivity contribution is 7.89. The Hall–Kier alpha value is -1.86. The minimum atomic E-state index is -3.64. The van der Waals surface area contributed by atoms with Crippen molar-refractivity contribution < 1.29 is 13.2 Å². The standard InChI is InChI=1S/C16H21N3O3S/c1-10-6-15(22-3)16(7-11(10)2)23(20,21)19-13-5-4-12-9-17-18-14(12)8-13/h6-7,9,13,19H,4-5,8H2,1-3H3,(H,17,18). The Kier molecular flexibility index (Phi) is 4.16. The van der Waals surface area contributed by atoms with Crippen LogP contribution >= 0.6 is 0 Å². The van der Waals surface area contributed by atoms with Crippen LogP contribution in [0.5, 0.6) is 5.75 Å². The summed E-state index contributed by atoms with van der Waals surface area (Å²) in [6.07, 6.45) is 4.02. The molecule has 1 aromatic heterocycles. The Morgan fingerprint density at radius 3 is 2.78 bits per heavy atom. The van der Waals surface area contributed by atoms with E-state index >= 15 is 0 Å². The number of H-pyrrole nitrogens is 1. The van der Waals surface area contributed by atoms with Crippen LogP contribution in [0.1, 0.15) is 28.8 Å². The van der Waals surface area contributed by atoms with Crippen LogP contribution in [0.2, 0.25) is 0 Å². The van der Waals surface area contributed by atoms with Crippen LogP contribution in [0, 0.1) is 13.8 Å². The molecule has 1 aliphatic rings. The fraction of sp³-hybridized carbons (Fsp3) is 0.438. The number of benzene rings is 1. The van der Waals surface area contributed by atoms with E-state index in [1.165, 1.54) is 12.7 Å². The van der Waals surface area contributed by atoms with Gasteiger partial charge in [-0.05, 0) is 55.5 Å². The van der Waals surface area contributed by atoms with Crippen molar-refractivity contribution in [1.82, 2.24) is 14.9 Å². The average Bonchev–Trinajstić information content (AvgIpc) is 2.96. The van der Waals surface area contributed by atoms with Crippen molar-refractivity contribution in [3.05, 3.63) is 40.7 Å². The number of fused-ring (bicyclic) bond motifs is 1. The molecule has 1 aliphatic carbocycles. The van der Waals surface area contributed by atoms with E-state index in [1.807, 2.05) is 20.0 Å². The van der Waals surface area contributed by atoms with E-state index in [9.17, 15) is 8.42 Å². The largest absolute Gasteiger partial charge is 0.495 e. The molecule has 23 heavy (non-hydrogen) atoms. The van der Waals surface area contributed by atoms with Crippen molar-refractivity contribution in [3.63, 3.8) is 0 Å². The molecule has 0 aliphatic heterocycles. The lowest BCUT2D eigenvalue weighted by Gasteiger charge is -2.23. The van der Waals surface area contributed by atoms with Crippen LogP contribution in [0.4, 0.5) is 0 Å². The van der Waals surface area contributed by atoms with E-state index in [4.69, 9.17) is 4.74 Å². The van der Waals surface area contributed by atoms with Gasteiger partial charge >= 0.3 is 0 Å². The Morgan fingerprint density at radius 1 is 1.30 bits per heavy atom. The van der Waals surface area contributed by atoms with Gasteiger partial charge in [-0.3, -0.25) is 5.10 Å². The van der Waals surface area contributed by atoms with Crippen molar-refractivity contribution in [2.45, 2.75) is 44.0 Å². The van der Waals surface area contributed by atoms with Crippen LogP contribution in [0.15, 0.2) is 23.2 Å². The maximum absolute atomic E-state index is 12.8. The number of hydrogen-bond donors (Lipinski definition) is 2. The van der Waals surface area contributed by atoms with Crippen LogP contribution in [0.3, 0.4) is 0 Å². The highest BCUT2D eigenvalue weighted by Crippen LogP contribution is 2.28. The molecule has 0 radical (unpaired) electrons. The molecule has 0 amide bonds. The quantitative estimate of drug-likeness (QED) is 0.893. The molecule has 0 bridgehead atoms. The normalized spacial score (nSPS) is 17.8. The van der Waals surface area contributed by atoms with E-state index < -0.39 is 10.0 Å². The zero-order chi connectivity index (χ0) is 16.6. The van der Waals surface area contributed by atoms with Crippen molar-refractivity contribution >= 4 is 10.0 Å². The molecule has 0 saturated heterocycles. The number of hydrogen-bond acceptors (Lipinski definition) is 4. The highest BCUT2D eigenvalue weighted by Gasteiger charge is 2.27. The molecular formula is C16H21N3O3S. The minimum Gasteiger partial charge on any atom is -0.495 e. The first-order valence-corrected chi connectivity index (χ1v) is 9.07. The second-order valence-electron chi connectivity index (χ2n) is 6.02. The summed E-state index contributed by atoms with van der Waals surface area (Å²) in [5, 5.41) is 6.96. The van der Waals surface area contributed by atoms with E-state index in [0.29, 0.717) is 12.2 Å². The van der Waals surface area contributed by atoms with Crippen molar-refractivity contribution in [3.8, 4) is 5.75 Å². The first-order chi connectivity index (χ1) is 10.9. The third-order valence-electron chi connectivity index (χ3n) is 4.41. The van der Waals surface area contributed by atoms with Crippen molar-refractivity contribution in [2.24, 2.45) is 0 Å². The van der Waals surface area contributed by atoms with Gasteiger partial charge < -0.3 is 4.74 Å². The van der Waals surface area contributed by atoms with Gasteiger partial charge in [0.25, 0.3) is 0 Å². The summed E-state index contributed by atoms with van der Waals surface area (Å²) in [4.78, 5) is 0.193. The Bertz CT molecular complexity index is 827. The first-order valence-electron chi connectivity index (χ1n) is 7.59. The van der Waals surface area contributed by atoms with Crippen molar-refractivity contribution in [2.75, 3.05) is 7.11 Å². The Morgan fingerprint density at radius 2 is 2.04 bits per heavy atom. The number of aromatic nitrogens is 2. The summed E-state index contributed by atoms with van der Waals surface area (Å²) >= 11 is 0. The predicted octanol–water partition coefficient (Wildman–Crippen LogP) is 1.87. The topological polar surface area (TPSA) is 84.1 Å². The summed E-state index contributed by atoms with van der Waals surface area (Å²) in [5.41, 5.74) is 4.10. The number of nitrogens with one attached hydrogen (secondary N) is 2. The van der Waals surface area contributed by atoms with Crippen LogP contribution < -0.4 is 9.46 Å². The SMILES string of the molecule is COc1cc(C)c(C)cc1S(=O)(=O)NC1CCc2cn[nH]c2C1. The maximum Gasteiger partial charge on any atom is 0.244 e. The van der Waals surface area contributed by atoms with E-state index in [1.54, 1.807) is 12.1 Å². The lowest BCUT2D eigenvalue weighted by atomic mass is 9.95. The average molecular weight is 335 g/mol. The molecule has 7 heteroatoms. The minimum absolute atomic E-state index is 0.140. The van der Waals surface area contributed by atoms with Gasteiger partial charge in [0.1, 0.15) is 10.6 Å². The van der Waals surface area contributed by atoms with Gasteiger partial charge in [0.05, 0.1) is 13.3 Å². The molecule has 124 valence electrons. The number of methoxy groups -OCH3 is 1. The van der Waals surface area contributed by atoms with Gasteiger partial charge in [-0.15, -0.1) is 0 Å². The fourth-order valence-corrected chi connectivity index (χ4v) is 4.43. The van der Waals surface area contributed by atoms with Gasteiger partial charge in [0.15, 0.2) is 0 Å². The second kappa shape index (κ2) is 5.98. The number of rotatable bonds is 4. The molecule has 1 heterocycles. The molecular weight excluding hydrogens is 314 g/mol. The maximum atomic E-state index is 12.8. The van der Waals surface area contributed by atoms with Crippen LogP contribution in [-0.4, -0.2) is 31.8 Å². The summed E-state index contributed by atoms with van der Waals surface area (Å²) in [6.45, 7) is 3.83. The lowest BCUT2D eigenvalue weighted by molar-refractivity contribution is 0.401. The van der Waals surface area contributed by atoms with E-state index in [2.05, 4.69) is 14.9 Å². The molecule has 1 aromatic carbocycles. The summed E-state index contributed by atoms with van der Waals surface area (Å²) < 4.78 is 33.6. The summed E-state index contributed by atoms with van der Waals surface area (Å²) in [6, 6.07) is 3.29. The molecule has 0 spiro atoms. The van der Waals surface area contributed by atoms with Crippen LogP contribution in [0.25, 0.3) is 0 Å². The third-order valence-corrected chi connectivity index (χ3v) is 5.95. The number of nitrogens with zero attached hydrogens (tertiary/aromatic N) is 1. The Labute approximate surface area is 136 Å². The Balaban J connectivity index is 1.87. The number of aryl methyl sites for hydroxylation is 3. The van der Waals surface area contributed by atoms with Gasteiger partial charge in [-0.1, -0.05) is 0 Å². The van der Waals surface area contributed by atoms with Crippen molar-refractivity contribution in [1.29, 1.82) is 0 Å². The smallest absolute Gasteiger partial charge is 0.244 e. The van der Waals surface area contributed by atoms with E-state index in [-0.39, 0.29) is 10.9 Å². The molecule has 1 atom stereocenters. The van der Waals surface area contributed by atoms with Gasteiger partial charge in [-0.25, -0.2) is 13.1 Å². The zero-order valence-corrected chi connectivity index (χ0v) is 14.3. The second-order valence-corrected chi connectivity index (χ2v) is 7.70. The van der Waals surface area contributed by atoms with Gasteiger partial charge in [0.2, 0.25) is 10.0 Å². The third kappa shape index (κ3) is 3.11. The van der Waals surface area contributed by atoms with Gasteiger partial charge in [0, 0.05) is 18.2 Å². The number of ether oxygens (including phenoxy) is 1. The molecule has 0 saturated carbocycles. The molecule has 0 fully saturated rings. The summed E-state index contributed by atoms with van der Waals surface area (Å²) in [5.74, 6) is 0.374. The van der Waals surface area contributed by atoms with E-state index in [0.717, 1.165) is 29.7 Å². The predicted molar refractivity (Wildman–Crippen MR) is 87.2 cm³/mol. The molecule has 1 unspecified atom stereocenters. The van der Waals surface area contributed by atoms with Gasteiger partial charge in [-0.2, -0.15) is 5.10 Å². The lowest BCUT2D eigenvalue weighted by Crippen LogP contribution is -2.38. The monoisotopic (exact) mass is 335 g/mol. The van der Waals surface area contributed by atoms with Crippen LogP contribution in [-0.2, 0) is 22.9 Å². The fourth-order valence-electron chi connectivity index (χ4n) is 2.92. The molecule has 2 N–H and O–H groups in total. The summed E-state index contributed by atoms with van der Waals surface area (Å²) in [7, 11) is -2.15. The zero-order valence-electron chi connectivity index (χ0n) is 13.5. The molecule has 2 aromatic rings. The number of aromatic amines is 1. The first kappa shape index (κ1) is 16.0. The number of sulfonamides is 1.